The molecule has 0 saturated carbocycles. The number of aliphatic imine (C=N–C) groups is 1. The molecule has 6 nitrogen and oxygen atoms in total. The smallest absolute Gasteiger partial charge is 0.191 e. The van der Waals surface area contributed by atoms with E-state index >= 15 is 0 Å². The van der Waals surface area contributed by atoms with Crippen LogP contribution < -0.4 is 15.4 Å². The maximum Gasteiger partial charge on any atom is 0.191 e. The summed E-state index contributed by atoms with van der Waals surface area (Å²) in [6, 6.07) is 8.13. The number of benzene rings is 1. The Balaban J connectivity index is 0.00000392. The molecule has 1 aromatic carbocycles. The van der Waals surface area contributed by atoms with Gasteiger partial charge in [-0.2, -0.15) is 0 Å². The Kier molecular flexibility index (Phi) is 12.1. The second-order valence-electron chi connectivity index (χ2n) is 6.53. The molecule has 0 amide bonds. The lowest BCUT2D eigenvalue weighted by molar-refractivity contribution is 0.261. The van der Waals surface area contributed by atoms with Gasteiger partial charge in [0.1, 0.15) is 12.4 Å². The molecule has 0 spiro atoms. The van der Waals surface area contributed by atoms with E-state index in [-0.39, 0.29) is 24.0 Å². The molecule has 2 rings (SSSR count). The minimum atomic E-state index is 0. The highest BCUT2D eigenvalue weighted by Crippen LogP contribution is 2.14. The Morgan fingerprint density at radius 2 is 2.11 bits per heavy atom. The van der Waals surface area contributed by atoms with Crippen molar-refractivity contribution >= 4 is 41.3 Å². The molecule has 0 atom stereocenters. The zero-order valence-electron chi connectivity index (χ0n) is 17.2. The van der Waals surface area contributed by atoms with Crippen LogP contribution in [0.25, 0.3) is 0 Å². The molecule has 0 aliphatic rings. The number of halogens is 1. The summed E-state index contributed by atoms with van der Waals surface area (Å²) in [4.78, 5) is 11.3. The van der Waals surface area contributed by atoms with Gasteiger partial charge in [-0.1, -0.05) is 12.1 Å². The Morgan fingerprint density at radius 3 is 2.79 bits per heavy atom. The molecule has 0 aliphatic carbocycles. The number of guanidine groups is 1. The monoisotopic (exact) mass is 517 g/mol. The molecule has 1 heterocycles. The molecule has 1 aromatic heterocycles. The SMILES string of the molecule is CCNC(=NCc1cccc(OCCN(C)C)c1)NCCc1csc(C)n1.I. The van der Waals surface area contributed by atoms with Gasteiger partial charge in [-0.15, -0.1) is 35.3 Å². The number of hydrogen-bond acceptors (Lipinski definition) is 5. The molecule has 0 bridgehead atoms. The average molecular weight is 517 g/mol. The van der Waals surface area contributed by atoms with Gasteiger partial charge in [0.05, 0.1) is 17.2 Å². The van der Waals surface area contributed by atoms with Crippen molar-refractivity contribution in [3.05, 3.63) is 45.9 Å². The van der Waals surface area contributed by atoms with Gasteiger partial charge in [0, 0.05) is 31.4 Å². The predicted molar refractivity (Wildman–Crippen MR) is 129 cm³/mol. The van der Waals surface area contributed by atoms with Gasteiger partial charge < -0.3 is 20.3 Å². The van der Waals surface area contributed by atoms with E-state index in [4.69, 9.17) is 4.74 Å². The molecule has 28 heavy (non-hydrogen) atoms. The number of rotatable bonds is 10. The van der Waals surface area contributed by atoms with Crippen molar-refractivity contribution in [2.45, 2.75) is 26.8 Å². The van der Waals surface area contributed by atoms with E-state index in [1.54, 1.807) is 11.3 Å². The Hall–Kier alpha value is -1.39. The second-order valence-corrected chi connectivity index (χ2v) is 7.59. The van der Waals surface area contributed by atoms with Gasteiger partial charge in [-0.25, -0.2) is 9.98 Å². The minimum absolute atomic E-state index is 0. The van der Waals surface area contributed by atoms with Crippen LogP contribution in [0.15, 0.2) is 34.6 Å². The lowest BCUT2D eigenvalue weighted by Crippen LogP contribution is -2.38. The third-order valence-electron chi connectivity index (χ3n) is 3.81. The Bertz CT molecular complexity index is 720. The molecule has 0 radical (unpaired) electrons. The fourth-order valence-electron chi connectivity index (χ4n) is 2.42. The van der Waals surface area contributed by atoms with Crippen molar-refractivity contribution < 1.29 is 4.74 Å². The van der Waals surface area contributed by atoms with Crippen molar-refractivity contribution in [1.29, 1.82) is 0 Å². The normalized spacial score (nSPS) is 11.2. The number of nitrogens with one attached hydrogen (secondary N) is 2. The van der Waals surface area contributed by atoms with Crippen molar-refractivity contribution in [3.8, 4) is 5.75 Å². The van der Waals surface area contributed by atoms with E-state index in [1.165, 1.54) is 0 Å². The van der Waals surface area contributed by atoms with E-state index in [0.717, 1.165) is 54.0 Å². The van der Waals surface area contributed by atoms with E-state index < -0.39 is 0 Å². The first-order valence-electron chi connectivity index (χ1n) is 9.36. The first-order chi connectivity index (χ1) is 13.1. The minimum Gasteiger partial charge on any atom is -0.492 e. The molecule has 2 aromatic rings. The number of likely N-dealkylation sites (N-methyl/N-ethyl adjacent to an activating group) is 1. The van der Waals surface area contributed by atoms with Crippen LogP contribution in [-0.2, 0) is 13.0 Å². The first-order valence-corrected chi connectivity index (χ1v) is 10.2. The van der Waals surface area contributed by atoms with Crippen LogP contribution in [0.1, 0.15) is 23.2 Å². The maximum absolute atomic E-state index is 5.80. The second kappa shape index (κ2) is 13.7. The predicted octanol–water partition coefficient (Wildman–Crippen LogP) is 3.31. The summed E-state index contributed by atoms with van der Waals surface area (Å²) in [6.07, 6.45) is 0.893. The summed E-state index contributed by atoms with van der Waals surface area (Å²) < 4.78 is 5.80. The van der Waals surface area contributed by atoms with Gasteiger partial charge in [-0.3, -0.25) is 0 Å². The van der Waals surface area contributed by atoms with Gasteiger partial charge in [0.2, 0.25) is 0 Å². The molecule has 156 valence electrons. The average Bonchev–Trinajstić information content (AvgIpc) is 3.05. The molecule has 8 heteroatoms. The summed E-state index contributed by atoms with van der Waals surface area (Å²) in [5.41, 5.74) is 2.26. The van der Waals surface area contributed by atoms with Crippen molar-refractivity contribution in [2.75, 3.05) is 40.3 Å². The fraction of sp³-hybridized carbons (Fsp3) is 0.500. The zero-order valence-corrected chi connectivity index (χ0v) is 20.3. The van der Waals surface area contributed by atoms with Gasteiger partial charge >= 0.3 is 0 Å². The lowest BCUT2D eigenvalue weighted by Gasteiger charge is -2.12. The van der Waals surface area contributed by atoms with Crippen molar-refractivity contribution in [2.24, 2.45) is 4.99 Å². The highest BCUT2D eigenvalue weighted by molar-refractivity contribution is 14.0. The third kappa shape index (κ3) is 9.70. The number of hydrogen-bond donors (Lipinski definition) is 2. The number of aromatic nitrogens is 1. The number of thiazole rings is 1. The molecule has 0 unspecified atom stereocenters. The van der Waals surface area contributed by atoms with E-state index in [1.807, 2.05) is 33.2 Å². The molecule has 2 N–H and O–H groups in total. The Labute approximate surface area is 189 Å². The van der Waals surface area contributed by atoms with Crippen LogP contribution in [0.2, 0.25) is 0 Å². The molecule has 0 saturated heterocycles. The number of aryl methyl sites for hydroxylation is 1. The van der Waals surface area contributed by atoms with Gasteiger partial charge in [-0.05, 0) is 45.6 Å². The number of nitrogens with zero attached hydrogens (tertiary/aromatic N) is 3. The van der Waals surface area contributed by atoms with Crippen LogP contribution in [0.5, 0.6) is 5.75 Å². The Morgan fingerprint density at radius 1 is 1.29 bits per heavy atom. The largest absolute Gasteiger partial charge is 0.492 e. The summed E-state index contributed by atoms with van der Waals surface area (Å²) in [7, 11) is 4.08. The molecule has 0 fully saturated rings. The van der Waals surface area contributed by atoms with E-state index in [0.29, 0.717) is 13.2 Å². The summed E-state index contributed by atoms with van der Waals surface area (Å²) >= 11 is 1.69. The lowest BCUT2D eigenvalue weighted by atomic mass is 10.2. The van der Waals surface area contributed by atoms with E-state index in [2.05, 4.69) is 49.9 Å². The van der Waals surface area contributed by atoms with Crippen LogP contribution in [0.4, 0.5) is 0 Å². The highest BCUT2D eigenvalue weighted by atomic mass is 127. The quantitative estimate of drug-likeness (QED) is 0.288. The standard InChI is InChI=1S/C20H31N5OS.HI/c1-5-21-20(22-10-9-18-15-27-16(2)24-18)23-14-17-7-6-8-19(13-17)26-12-11-25(3)4;/h6-8,13,15H,5,9-12,14H2,1-4H3,(H2,21,22,23);1H. The van der Waals surface area contributed by atoms with Crippen LogP contribution in [0.3, 0.4) is 0 Å². The maximum atomic E-state index is 5.80. The van der Waals surface area contributed by atoms with Crippen LogP contribution in [0, 0.1) is 6.92 Å². The van der Waals surface area contributed by atoms with Gasteiger partial charge in [0.25, 0.3) is 0 Å². The summed E-state index contributed by atoms with van der Waals surface area (Å²) in [5.74, 6) is 1.71. The van der Waals surface area contributed by atoms with Crippen molar-refractivity contribution in [1.82, 2.24) is 20.5 Å². The van der Waals surface area contributed by atoms with Crippen LogP contribution in [-0.4, -0.2) is 56.2 Å². The zero-order chi connectivity index (χ0) is 19.5. The van der Waals surface area contributed by atoms with Gasteiger partial charge in [0.15, 0.2) is 5.96 Å². The van der Waals surface area contributed by atoms with E-state index in [9.17, 15) is 0 Å². The molecule has 0 aliphatic heterocycles. The molecular formula is C20H32IN5OS. The summed E-state index contributed by atoms with van der Waals surface area (Å²) in [5, 5.41) is 9.89. The summed E-state index contributed by atoms with van der Waals surface area (Å²) in [6.45, 7) is 7.93. The topological polar surface area (TPSA) is 61.8 Å². The first kappa shape index (κ1) is 24.6. The fourth-order valence-corrected chi connectivity index (χ4v) is 3.07. The third-order valence-corrected chi connectivity index (χ3v) is 4.63. The highest BCUT2D eigenvalue weighted by Gasteiger charge is 2.02. The number of ether oxygens (including phenoxy) is 1. The van der Waals surface area contributed by atoms with Crippen molar-refractivity contribution in [3.63, 3.8) is 0 Å². The molecular weight excluding hydrogens is 485 g/mol. The van der Waals surface area contributed by atoms with Crippen LogP contribution >= 0.6 is 35.3 Å².